The highest BCUT2D eigenvalue weighted by molar-refractivity contribution is 5.91. The molecule has 5 heterocycles. The molecule has 5 rings (SSSR count). The van der Waals surface area contributed by atoms with Crippen LogP contribution in [-0.4, -0.2) is 55.5 Å². The summed E-state index contributed by atoms with van der Waals surface area (Å²) in [6.07, 6.45) is 5.49. The Balaban J connectivity index is 1.71. The Hall–Kier alpha value is -3.26. The average molecular weight is 389 g/mol. The topological polar surface area (TPSA) is 84.8 Å². The predicted octanol–water partition coefficient (Wildman–Crippen LogP) is 3.13. The first-order valence-electron chi connectivity index (χ1n) is 9.92. The van der Waals surface area contributed by atoms with E-state index < -0.39 is 0 Å². The van der Waals surface area contributed by atoms with Gasteiger partial charge in [-0.05, 0) is 32.0 Å². The van der Waals surface area contributed by atoms with E-state index in [4.69, 9.17) is 14.7 Å². The molecular weight excluding hydrogens is 366 g/mol. The van der Waals surface area contributed by atoms with Gasteiger partial charge in [-0.2, -0.15) is 5.10 Å². The third kappa shape index (κ3) is 3.15. The van der Waals surface area contributed by atoms with Crippen molar-refractivity contribution in [3.63, 3.8) is 0 Å². The van der Waals surface area contributed by atoms with E-state index in [1.807, 2.05) is 35.3 Å². The zero-order valence-electron chi connectivity index (χ0n) is 16.5. The van der Waals surface area contributed by atoms with Crippen LogP contribution in [0.2, 0.25) is 0 Å². The standard InChI is InChI=1S/C21H23N7O/c1-3-28-18(6-9-24-28)17-12-19(27-10-11-29-13-14(27)2)26-21(25-17)16-5-8-23-20-15(16)4-7-22-20/h4-9,12,14H,3,10-11,13H2,1-2H3,(H,22,23). The van der Waals surface area contributed by atoms with Gasteiger partial charge in [-0.1, -0.05) is 0 Å². The van der Waals surface area contributed by atoms with Crippen LogP contribution in [0.3, 0.4) is 0 Å². The van der Waals surface area contributed by atoms with Gasteiger partial charge in [0, 0.05) is 48.7 Å². The van der Waals surface area contributed by atoms with E-state index in [1.54, 1.807) is 6.20 Å². The summed E-state index contributed by atoms with van der Waals surface area (Å²) in [5.41, 5.74) is 3.64. The molecule has 0 radical (unpaired) electrons. The Labute approximate surface area is 168 Å². The first-order valence-corrected chi connectivity index (χ1v) is 9.92. The lowest BCUT2D eigenvalue weighted by atomic mass is 10.1. The van der Waals surface area contributed by atoms with Gasteiger partial charge in [-0.15, -0.1) is 0 Å². The number of aryl methyl sites for hydroxylation is 1. The number of morpholine rings is 1. The highest BCUT2D eigenvalue weighted by Crippen LogP contribution is 2.30. The molecule has 0 saturated carbocycles. The summed E-state index contributed by atoms with van der Waals surface area (Å²) >= 11 is 0. The number of nitrogens with zero attached hydrogens (tertiary/aromatic N) is 6. The SMILES string of the molecule is CCn1nccc1-c1cc(N2CCOCC2C)nc(-c2ccnc3[nH]ccc23)n1. The van der Waals surface area contributed by atoms with Gasteiger partial charge in [-0.3, -0.25) is 4.68 Å². The summed E-state index contributed by atoms with van der Waals surface area (Å²) in [6.45, 7) is 7.22. The van der Waals surface area contributed by atoms with Crippen LogP contribution < -0.4 is 4.90 Å². The number of H-pyrrole nitrogens is 1. The molecule has 4 aromatic heterocycles. The molecule has 0 aromatic carbocycles. The summed E-state index contributed by atoms with van der Waals surface area (Å²) in [7, 11) is 0. The van der Waals surface area contributed by atoms with Gasteiger partial charge >= 0.3 is 0 Å². The molecular formula is C21H23N7O. The van der Waals surface area contributed by atoms with Crippen molar-refractivity contribution < 1.29 is 4.74 Å². The van der Waals surface area contributed by atoms with Crippen molar-refractivity contribution in [2.24, 2.45) is 0 Å². The fraction of sp³-hybridized carbons (Fsp3) is 0.333. The molecule has 0 bridgehead atoms. The minimum absolute atomic E-state index is 0.250. The van der Waals surface area contributed by atoms with E-state index in [1.165, 1.54) is 0 Å². The first-order chi connectivity index (χ1) is 14.2. The summed E-state index contributed by atoms with van der Waals surface area (Å²) in [6, 6.07) is 8.30. The molecule has 148 valence electrons. The van der Waals surface area contributed by atoms with Gasteiger partial charge in [0.1, 0.15) is 11.5 Å². The molecule has 8 heteroatoms. The number of nitrogens with one attached hydrogen (secondary N) is 1. The summed E-state index contributed by atoms with van der Waals surface area (Å²) in [4.78, 5) is 19.8. The smallest absolute Gasteiger partial charge is 0.163 e. The van der Waals surface area contributed by atoms with Crippen molar-refractivity contribution in [3.05, 3.63) is 42.9 Å². The van der Waals surface area contributed by atoms with Crippen molar-refractivity contribution in [1.29, 1.82) is 0 Å². The molecule has 1 fully saturated rings. The lowest BCUT2D eigenvalue weighted by molar-refractivity contribution is 0.0985. The second-order valence-electron chi connectivity index (χ2n) is 7.18. The lowest BCUT2D eigenvalue weighted by Crippen LogP contribution is -2.44. The van der Waals surface area contributed by atoms with Crippen LogP contribution in [0.15, 0.2) is 42.9 Å². The van der Waals surface area contributed by atoms with E-state index in [0.717, 1.165) is 46.9 Å². The highest BCUT2D eigenvalue weighted by atomic mass is 16.5. The number of aromatic amines is 1. The Morgan fingerprint density at radius 3 is 3.00 bits per heavy atom. The van der Waals surface area contributed by atoms with Crippen LogP contribution in [0, 0.1) is 0 Å². The normalized spacial score (nSPS) is 17.2. The Kier molecular flexibility index (Phi) is 4.48. The number of aromatic nitrogens is 6. The van der Waals surface area contributed by atoms with Crippen LogP contribution in [0.25, 0.3) is 33.8 Å². The van der Waals surface area contributed by atoms with Crippen LogP contribution >= 0.6 is 0 Å². The van der Waals surface area contributed by atoms with Crippen molar-refractivity contribution in [1.82, 2.24) is 29.7 Å². The molecule has 1 unspecified atom stereocenters. The number of ether oxygens (including phenoxy) is 1. The zero-order valence-corrected chi connectivity index (χ0v) is 16.5. The molecule has 0 amide bonds. The Morgan fingerprint density at radius 1 is 1.21 bits per heavy atom. The van der Waals surface area contributed by atoms with Gasteiger partial charge < -0.3 is 14.6 Å². The second kappa shape index (κ2) is 7.29. The minimum atomic E-state index is 0.250. The van der Waals surface area contributed by atoms with Crippen LogP contribution in [0.5, 0.6) is 0 Å². The molecule has 29 heavy (non-hydrogen) atoms. The van der Waals surface area contributed by atoms with Crippen LogP contribution in [-0.2, 0) is 11.3 Å². The zero-order chi connectivity index (χ0) is 19.8. The van der Waals surface area contributed by atoms with Crippen molar-refractivity contribution in [3.8, 4) is 22.8 Å². The van der Waals surface area contributed by atoms with E-state index in [9.17, 15) is 0 Å². The molecule has 0 spiro atoms. The minimum Gasteiger partial charge on any atom is -0.377 e. The molecule has 1 saturated heterocycles. The number of fused-ring (bicyclic) bond motifs is 1. The largest absolute Gasteiger partial charge is 0.377 e. The number of rotatable bonds is 4. The Morgan fingerprint density at radius 2 is 2.14 bits per heavy atom. The monoisotopic (exact) mass is 389 g/mol. The Bertz CT molecular complexity index is 1150. The molecule has 1 aliphatic heterocycles. The van der Waals surface area contributed by atoms with Gasteiger partial charge in [0.2, 0.25) is 0 Å². The van der Waals surface area contributed by atoms with Crippen molar-refractivity contribution >= 4 is 16.9 Å². The number of hydrogen-bond donors (Lipinski definition) is 1. The van der Waals surface area contributed by atoms with E-state index in [0.29, 0.717) is 19.0 Å². The van der Waals surface area contributed by atoms with Crippen LogP contribution in [0.4, 0.5) is 5.82 Å². The highest BCUT2D eigenvalue weighted by Gasteiger charge is 2.23. The quantitative estimate of drug-likeness (QED) is 0.577. The van der Waals surface area contributed by atoms with Gasteiger partial charge in [0.25, 0.3) is 0 Å². The maximum Gasteiger partial charge on any atom is 0.163 e. The van der Waals surface area contributed by atoms with E-state index in [-0.39, 0.29) is 6.04 Å². The van der Waals surface area contributed by atoms with Gasteiger partial charge in [0.15, 0.2) is 5.82 Å². The molecule has 1 N–H and O–H groups in total. The number of pyridine rings is 1. The second-order valence-corrected chi connectivity index (χ2v) is 7.18. The van der Waals surface area contributed by atoms with Gasteiger partial charge in [0.05, 0.1) is 30.6 Å². The van der Waals surface area contributed by atoms with E-state index in [2.05, 4.69) is 39.9 Å². The first kappa shape index (κ1) is 17.8. The summed E-state index contributed by atoms with van der Waals surface area (Å²) in [5, 5.41) is 5.43. The van der Waals surface area contributed by atoms with E-state index >= 15 is 0 Å². The number of anilines is 1. The lowest BCUT2D eigenvalue weighted by Gasteiger charge is -2.34. The summed E-state index contributed by atoms with van der Waals surface area (Å²) in [5.74, 6) is 1.59. The fourth-order valence-electron chi connectivity index (χ4n) is 3.86. The van der Waals surface area contributed by atoms with Crippen molar-refractivity contribution in [2.45, 2.75) is 26.4 Å². The molecule has 4 aromatic rings. The maximum absolute atomic E-state index is 5.62. The molecule has 0 aliphatic carbocycles. The third-order valence-electron chi connectivity index (χ3n) is 5.35. The van der Waals surface area contributed by atoms with Crippen molar-refractivity contribution in [2.75, 3.05) is 24.7 Å². The molecule has 1 aliphatic rings. The molecule has 1 atom stereocenters. The number of hydrogen-bond acceptors (Lipinski definition) is 6. The van der Waals surface area contributed by atoms with Crippen LogP contribution in [0.1, 0.15) is 13.8 Å². The molecule has 8 nitrogen and oxygen atoms in total. The van der Waals surface area contributed by atoms with Gasteiger partial charge in [-0.25, -0.2) is 15.0 Å². The fourth-order valence-corrected chi connectivity index (χ4v) is 3.86. The summed E-state index contributed by atoms with van der Waals surface area (Å²) < 4.78 is 7.58. The average Bonchev–Trinajstić information content (AvgIpc) is 3.42. The maximum atomic E-state index is 5.62. The third-order valence-corrected chi connectivity index (χ3v) is 5.35. The predicted molar refractivity (Wildman–Crippen MR) is 112 cm³/mol.